The van der Waals surface area contributed by atoms with Gasteiger partial charge in [0.2, 0.25) is 10.0 Å². The highest BCUT2D eigenvalue weighted by atomic mass is 32.2. The van der Waals surface area contributed by atoms with Crippen LogP contribution in [0.1, 0.15) is 41.8 Å². The van der Waals surface area contributed by atoms with Crippen molar-refractivity contribution in [3.05, 3.63) is 78.3 Å². The number of sulfonamides is 1. The quantitative estimate of drug-likeness (QED) is 0.502. The third-order valence-electron chi connectivity index (χ3n) is 5.80. The highest BCUT2D eigenvalue weighted by Crippen LogP contribution is 2.30. The van der Waals surface area contributed by atoms with Gasteiger partial charge in [-0.1, -0.05) is 31.0 Å². The van der Waals surface area contributed by atoms with E-state index >= 15 is 0 Å². The predicted octanol–water partition coefficient (Wildman–Crippen LogP) is 4.70. The summed E-state index contributed by atoms with van der Waals surface area (Å²) in [5.41, 5.74) is 0.950. The number of anilines is 1. The molecule has 0 saturated carbocycles. The second kappa shape index (κ2) is 10.2. The van der Waals surface area contributed by atoms with Gasteiger partial charge >= 0.3 is 0 Å². The molecule has 33 heavy (non-hydrogen) atoms. The Hall–Kier alpha value is -3.10. The van der Waals surface area contributed by atoms with E-state index in [9.17, 15) is 13.2 Å². The van der Waals surface area contributed by atoms with Crippen LogP contribution in [0.25, 0.3) is 0 Å². The average molecular weight is 469 g/mol. The van der Waals surface area contributed by atoms with Crippen LogP contribution in [0.2, 0.25) is 0 Å². The molecule has 8 heteroatoms. The Labute approximate surface area is 194 Å². The van der Waals surface area contributed by atoms with Gasteiger partial charge in [0, 0.05) is 24.3 Å². The summed E-state index contributed by atoms with van der Waals surface area (Å²) in [5.74, 6) is 0.527. The molecule has 0 spiro atoms. The van der Waals surface area contributed by atoms with Crippen molar-refractivity contribution in [2.45, 2.75) is 37.1 Å². The fourth-order valence-electron chi connectivity index (χ4n) is 4.03. The number of para-hydroxylation sites is 1. The van der Waals surface area contributed by atoms with E-state index in [1.807, 2.05) is 30.3 Å². The van der Waals surface area contributed by atoms with Crippen LogP contribution in [-0.4, -0.2) is 38.8 Å². The number of benzene rings is 2. The molecule has 2 aromatic carbocycles. The van der Waals surface area contributed by atoms with Gasteiger partial charge in [-0.2, -0.15) is 4.31 Å². The molecule has 0 N–H and O–H groups in total. The molecule has 1 saturated heterocycles. The number of methoxy groups -OCH3 is 1. The summed E-state index contributed by atoms with van der Waals surface area (Å²) in [6.07, 6.45) is 5.24. The fraction of sp³-hybridized carbons (Fsp3) is 0.320. The number of nitrogens with zero attached hydrogens (tertiary/aromatic N) is 2. The lowest BCUT2D eigenvalue weighted by Gasteiger charge is -2.24. The first-order valence-electron chi connectivity index (χ1n) is 11.1. The number of hydrogen-bond donors (Lipinski definition) is 0. The highest BCUT2D eigenvalue weighted by molar-refractivity contribution is 7.89. The van der Waals surface area contributed by atoms with E-state index in [-0.39, 0.29) is 28.7 Å². The Morgan fingerprint density at radius 3 is 2.36 bits per heavy atom. The third kappa shape index (κ3) is 5.12. The lowest BCUT2D eigenvalue weighted by molar-refractivity contribution is 0.0983. The third-order valence-corrected chi connectivity index (χ3v) is 7.72. The summed E-state index contributed by atoms with van der Waals surface area (Å²) in [6, 6.07) is 17.4. The van der Waals surface area contributed by atoms with Crippen LogP contribution in [0, 0.1) is 0 Å². The van der Waals surface area contributed by atoms with Crippen LogP contribution in [0.4, 0.5) is 5.69 Å². The van der Waals surface area contributed by atoms with Gasteiger partial charge in [-0.15, -0.1) is 0 Å². The average Bonchev–Trinajstić information content (AvgIpc) is 3.20. The Morgan fingerprint density at radius 1 is 1.00 bits per heavy atom. The minimum Gasteiger partial charge on any atom is -0.495 e. The Balaban J connectivity index is 1.72. The topological polar surface area (TPSA) is 80.1 Å². The minimum atomic E-state index is -3.81. The molecule has 0 aliphatic carbocycles. The van der Waals surface area contributed by atoms with E-state index in [0.717, 1.165) is 25.7 Å². The number of furan rings is 1. The monoisotopic (exact) mass is 468 g/mol. The van der Waals surface area contributed by atoms with Gasteiger partial charge in [0.25, 0.3) is 5.91 Å². The molecule has 1 aromatic heterocycles. The highest BCUT2D eigenvalue weighted by Gasteiger charge is 2.30. The first-order chi connectivity index (χ1) is 16.0. The van der Waals surface area contributed by atoms with Gasteiger partial charge in [0.1, 0.15) is 16.4 Å². The SMILES string of the molecule is COc1ccc(C(=O)N(Cc2ccco2)c2ccccc2)cc1S(=O)(=O)N1CCCCCC1. The summed E-state index contributed by atoms with van der Waals surface area (Å²) in [4.78, 5) is 15.2. The zero-order valence-corrected chi connectivity index (χ0v) is 19.5. The summed E-state index contributed by atoms with van der Waals surface area (Å²) in [5, 5.41) is 0. The van der Waals surface area contributed by atoms with Crippen LogP contribution >= 0.6 is 0 Å². The Bertz CT molecular complexity index is 1170. The van der Waals surface area contributed by atoms with Gasteiger partial charge in [-0.3, -0.25) is 4.79 Å². The van der Waals surface area contributed by atoms with Crippen molar-refractivity contribution >= 4 is 21.6 Å². The normalized spacial score (nSPS) is 15.1. The van der Waals surface area contributed by atoms with Crippen molar-refractivity contribution in [3.63, 3.8) is 0 Å². The summed E-state index contributed by atoms with van der Waals surface area (Å²) < 4.78 is 39.3. The van der Waals surface area contributed by atoms with Crippen molar-refractivity contribution in [1.82, 2.24) is 4.31 Å². The lowest BCUT2D eigenvalue weighted by Crippen LogP contribution is -2.33. The van der Waals surface area contributed by atoms with Crippen LogP contribution in [0.3, 0.4) is 0 Å². The van der Waals surface area contributed by atoms with E-state index in [4.69, 9.17) is 9.15 Å². The van der Waals surface area contributed by atoms with Crippen molar-refractivity contribution < 1.29 is 22.4 Å². The first-order valence-corrected chi connectivity index (χ1v) is 12.5. The molecular weight excluding hydrogens is 440 g/mol. The van der Waals surface area contributed by atoms with Gasteiger partial charge in [0.05, 0.1) is 19.9 Å². The molecule has 3 aromatic rings. The molecule has 0 atom stereocenters. The van der Waals surface area contributed by atoms with E-state index in [1.165, 1.54) is 17.5 Å². The first kappa shape index (κ1) is 23.1. The molecular formula is C25H28N2O5S. The largest absolute Gasteiger partial charge is 0.495 e. The molecule has 0 radical (unpaired) electrons. The van der Waals surface area contributed by atoms with Crippen molar-refractivity contribution in [2.24, 2.45) is 0 Å². The van der Waals surface area contributed by atoms with Crippen molar-refractivity contribution in [2.75, 3.05) is 25.1 Å². The molecule has 0 bridgehead atoms. The van der Waals surface area contributed by atoms with E-state index in [0.29, 0.717) is 24.5 Å². The molecule has 174 valence electrons. The zero-order chi connectivity index (χ0) is 23.3. The minimum absolute atomic E-state index is 0.0174. The second-order valence-corrected chi connectivity index (χ2v) is 9.90. The Kier molecular flexibility index (Phi) is 7.15. The van der Waals surface area contributed by atoms with Crippen LogP contribution in [0.5, 0.6) is 5.75 Å². The van der Waals surface area contributed by atoms with Crippen molar-refractivity contribution in [3.8, 4) is 5.75 Å². The second-order valence-electron chi connectivity index (χ2n) is 7.99. The van der Waals surface area contributed by atoms with Crippen LogP contribution < -0.4 is 9.64 Å². The van der Waals surface area contributed by atoms with Gasteiger partial charge in [-0.25, -0.2) is 8.42 Å². The maximum atomic E-state index is 13.6. The number of rotatable bonds is 7. The maximum Gasteiger partial charge on any atom is 0.258 e. The lowest BCUT2D eigenvalue weighted by atomic mass is 10.1. The molecule has 1 fully saturated rings. The van der Waals surface area contributed by atoms with E-state index < -0.39 is 10.0 Å². The molecule has 2 heterocycles. The number of amides is 1. The molecule has 1 amide bonds. The molecule has 7 nitrogen and oxygen atoms in total. The van der Waals surface area contributed by atoms with Crippen LogP contribution in [-0.2, 0) is 16.6 Å². The maximum absolute atomic E-state index is 13.6. The number of carbonyl (C=O) groups is 1. The molecule has 1 aliphatic heterocycles. The van der Waals surface area contributed by atoms with Gasteiger partial charge in [-0.05, 0) is 55.3 Å². The van der Waals surface area contributed by atoms with Crippen molar-refractivity contribution in [1.29, 1.82) is 0 Å². The standard InChI is InChI=1S/C25H28N2O5S/c1-31-23-14-13-20(18-24(23)33(29,30)26-15-7-2-3-8-16-26)25(28)27(19-22-12-9-17-32-22)21-10-5-4-6-11-21/h4-6,9-14,17-18H,2-3,7-8,15-16,19H2,1H3. The summed E-state index contributed by atoms with van der Waals surface area (Å²) in [6.45, 7) is 1.16. The number of ether oxygens (including phenoxy) is 1. The number of carbonyl (C=O) groups excluding carboxylic acids is 1. The predicted molar refractivity (Wildman–Crippen MR) is 126 cm³/mol. The fourth-order valence-corrected chi connectivity index (χ4v) is 5.73. The molecule has 0 unspecified atom stereocenters. The summed E-state index contributed by atoms with van der Waals surface area (Å²) >= 11 is 0. The molecule has 1 aliphatic rings. The smallest absolute Gasteiger partial charge is 0.258 e. The van der Waals surface area contributed by atoms with Gasteiger partial charge < -0.3 is 14.1 Å². The summed E-state index contributed by atoms with van der Waals surface area (Å²) in [7, 11) is -2.37. The Morgan fingerprint density at radius 2 is 1.73 bits per heavy atom. The van der Waals surface area contributed by atoms with E-state index in [1.54, 1.807) is 35.4 Å². The van der Waals surface area contributed by atoms with Crippen LogP contribution in [0.15, 0.2) is 76.2 Å². The zero-order valence-electron chi connectivity index (χ0n) is 18.6. The number of hydrogen-bond acceptors (Lipinski definition) is 5. The molecule has 4 rings (SSSR count). The van der Waals surface area contributed by atoms with Gasteiger partial charge in [0.15, 0.2) is 0 Å². The van der Waals surface area contributed by atoms with E-state index in [2.05, 4.69) is 0 Å².